The molecule has 0 spiro atoms. The predicted molar refractivity (Wildman–Crippen MR) is 103 cm³/mol. The molecule has 1 saturated heterocycles. The lowest BCUT2D eigenvalue weighted by molar-refractivity contribution is 0.102. The Kier molecular flexibility index (Phi) is 5.44. The van der Waals surface area contributed by atoms with E-state index in [9.17, 15) is 13.2 Å². The first kappa shape index (κ1) is 18.6. The maximum atomic E-state index is 13.0. The summed E-state index contributed by atoms with van der Waals surface area (Å²) in [4.78, 5) is 12.9. The summed E-state index contributed by atoms with van der Waals surface area (Å²) in [6.45, 7) is 4.87. The highest BCUT2D eigenvalue weighted by Gasteiger charge is 2.29. The summed E-state index contributed by atoms with van der Waals surface area (Å²) in [5.41, 5.74) is 2.83. The Morgan fingerprint density at radius 3 is 2.42 bits per heavy atom. The van der Waals surface area contributed by atoms with Gasteiger partial charge in [0.2, 0.25) is 10.0 Å². The van der Waals surface area contributed by atoms with Gasteiger partial charge in [0.25, 0.3) is 5.91 Å². The number of amides is 1. The molecule has 0 atom stereocenters. The number of aryl methyl sites for hydroxylation is 2. The van der Waals surface area contributed by atoms with E-state index in [1.54, 1.807) is 18.2 Å². The second-order valence-corrected chi connectivity index (χ2v) is 8.64. The van der Waals surface area contributed by atoms with Crippen LogP contribution in [-0.2, 0) is 10.0 Å². The van der Waals surface area contributed by atoms with Crippen molar-refractivity contribution >= 4 is 21.6 Å². The fourth-order valence-electron chi connectivity index (χ4n) is 3.18. The van der Waals surface area contributed by atoms with E-state index >= 15 is 0 Å². The number of carbonyl (C=O) groups is 1. The van der Waals surface area contributed by atoms with E-state index in [1.807, 2.05) is 32.0 Å². The maximum absolute atomic E-state index is 13.0. The summed E-state index contributed by atoms with van der Waals surface area (Å²) in [6, 6.07) is 12.2. The molecule has 3 rings (SSSR count). The van der Waals surface area contributed by atoms with Crippen molar-refractivity contribution in [3.05, 3.63) is 59.2 Å². The average Bonchev–Trinajstić information content (AvgIpc) is 2.65. The van der Waals surface area contributed by atoms with Gasteiger partial charge >= 0.3 is 0 Å². The van der Waals surface area contributed by atoms with Crippen LogP contribution in [0.3, 0.4) is 0 Å². The number of nitrogens with zero attached hydrogens (tertiary/aromatic N) is 1. The molecular formula is C20H24N2O3S. The summed E-state index contributed by atoms with van der Waals surface area (Å²) >= 11 is 0. The maximum Gasteiger partial charge on any atom is 0.257 e. The van der Waals surface area contributed by atoms with Gasteiger partial charge in [0, 0.05) is 18.8 Å². The Labute approximate surface area is 155 Å². The van der Waals surface area contributed by atoms with Gasteiger partial charge in [0.05, 0.1) is 10.5 Å². The van der Waals surface area contributed by atoms with Gasteiger partial charge in [-0.25, -0.2) is 8.42 Å². The molecule has 1 heterocycles. The highest BCUT2D eigenvalue weighted by molar-refractivity contribution is 7.89. The van der Waals surface area contributed by atoms with Crippen molar-refractivity contribution in [3.8, 4) is 0 Å². The Morgan fingerprint density at radius 1 is 1.00 bits per heavy atom. The minimum absolute atomic E-state index is 0.0738. The number of benzene rings is 2. The van der Waals surface area contributed by atoms with Gasteiger partial charge in [-0.15, -0.1) is 0 Å². The van der Waals surface area contributed by atoms with Gasteiger partial charge in [-0.05, 0) is 56.0 Å². The summed E-state index contributed by atoms with van der Waals surface area (Å²) in [7, 11) is -3.68. The molecule has 5 nitrogen and oxygen atoms in total. The van der Waals surface area contributed by atoms with E-state index in [-0.39, 0.29) is 10.5 Å². The van der Waals surface area contributed by atoms with Crippen molar-refractivity contribution in [1.29, 1.82) is 0 Å². The molecule has 26 heavy (non-hydrogen) atoms. The van der Waals surface area contributed by atoms with Crippen LogP contribution in [0.2, 0.25) is 0 Å². The Morgan fingerprint density at radius 2 is 1.69 bits per heavy atom. The Balaban J connectivity index is 1.94. The topological polar surface area (TPSA) is 66.5 Å². The molecule has 1 N–H and O–H groups in total. The molecule has 138 valence electrons. The molecule has 0 bridgehead atoms. The Bertz CT molecular complexity index is 916. The number of hydrogen-bond acceptors (Lipinski definition) is 3. The summed E-state index contributed by atoms with van der Waals surface area (Å²) in [5.74, 6) is -0.408. The van der Waals surface area contributed by atoms with Crippen molar-refractivity contribution in [2.24, 2.45) is 0 Å². The van der Waals surface area contributed by atoms with Crippen LogP contribution >= 0.6 is 0 Å². The number of piperidine rings is 1. The lowest BCUT2D eigenvalue weighted by atomic mass is 10.1. The van der Waals surface area contributed by atoms with Gasteiger partial charge in [-0.3, -0.25) is 4.79 Å². The highest BCUT2D eigenvalue weighted by atomic mass is 32.2. The van der Waals surface area contributed by atoms with Gasteiger partial charge in [0.1, 0.15) is 0 Å². The third kappa shape index (κ3) is 3.81. The van der Waals surface area contributed by atoms with E-state index in [0.29, 0.717) is 18.8 Å². The van der Waals surface area contributed by atoms with E-state index in [4.69, 9.17) is 0 Å². The van der Waals surface area contributed by atoms with Crippen LogP contribution in [0.15, 0.2) is 47.4 Å². The van der Waals surface area contributed by atoms with Gasteiger partial charge in [-0.1, -0.05) is 30.7 Å². The zero-order valence-electron chi connectivity index (χ0n) is 15.2. The van der Waals surface area contributed by atoms with Crippen LogP contribution in [0.25, 0.3) is 0 Å². The standard InChI is InChI=1S/C20H24N2O3S/c1-15-10-11-16(2)18(14-15)21-20(23)17-8-4-5-9-19(17)26(24,25)22-12-6-3-7-13-22/h4-5,8-11,14H,3,6-7,12-13H2,1-2H3,(H,21,23). The molecular weight excluding hydrogens is 348 g/mol. The fourth-order valence-corrected chi connectivity index (χ4v) is 4.89. The minimum Gasteiger partial charge on any atom is -0.322 e. The predicted octanol–water partition coefficient (Wildman–Crippen LogP) is 3.73. The van der Waals surface area contributed by atoms with Crippen LogP contribution in [0.5, 0.6) is 0 Å². The molecule has 1 aliphatic rings. The molecule has 0 aliphatic carbocycles. The third-order valence-corrected chi connectivity index (χ3v) is 6.66. The van der Waals surface area contributed by atoms with Gasteiger partial charge in [0.15, 0.2) is 0 Å². The SMILES string of the molecule is Cc1ccc(C)c(NC(=O)c2ccccc2S(=O)(=O)N2CCCCC2)c1. The molecule has 1 amide bonds. The van der Waals surface area contributed by atoms with E-state index in [1.165, 1.54) is 10.4 Å². The average molecular weight is 372 g/mol. The molecule has 2 aromatic rings. The number of carbonyl (C=O) groups excluding carboxylic acids is 1. The zero-order valence-corrected chi connectivity index (χ0v) is 16.0. The number of nitrogens with one attached hydrogen (secondary N) is 1. The first-order chi connectivity index (χ1) is 12.4. The summed E-state index contributed by atoms with van der Waals surface area (Å²) in [6.07, 6.45) is 2.76. The van der Waals surface area contributed by atoms with Crippen molar-refractivity contribution in [1.82, 2.24) is 4.31 Å². The minimum atomic E-state index is -3.68. The molecule has 0 aromatic heterocycles. The lowest BCUT2D eigenvalue weighted by Gasteiger charge is -2.26. The smallest absolute Gasteiger partial charge is 0.257 e. The number of sulfonamides is 1. The first-order valence-corrected chi connectivity index (χ1v) is 10.3. The van der Waals surface area contributed by atoms with Crippen LogP contribution in [0.1, 0.15) is 40.7 Å². The van der Waals surface area contributed by atoms with E-state index in [0.717, 1.165) is 30.4 Å². The highest BCUT2D eigenvalue weighted by Crippen LogP contribution is 2.25. The summed E-state index contributed by atoms with van der Waals surface area (Å²) < 4.78 is 27.6. The molecule has 1 fully saturated rings. The largest absolute Gasteiger partial charge is 0.322 e. The summed E-state index contributed by atoms with van der Waals surface area (Å²) in [5, 5.41) is 2.86. The van der Waals surface area contributed by atoms with E-state index < -0.39 is 15.9 Å². The van der Waals surface area contributed by atoms with Gasteiger partial charge in [-0.2, -0.15) is 4.31 Å². The lowest BCUT2D eigenvalue weighted by Crippen LogP contribution is -2.36. The molecule has 1 aliphatic heterocycles. The third-order valence-electron chi connectivity index (χ3n) is 4.71. The van der Waals surface area contributed by atoms with Crippen LogP contribution in [0, 0.1) is 13.8 Å². The molecule has 6 heteroatoms. The number of hydrogen-bond donors (Lipinski definition) is 1. The fraction of sp³-hybridized carbons (Fsp3) is 0.350. The van der Waals surface area contributed by atoms with Gasteiger partial charge < -0.3 is 5.32 Å². The van der Waals surface area contributed by atoms with Crippen LogP contribution in [-0.4, -0.2) is 31.7 Å². The number of rotatable bonds is 4. The van der Waals surface area contributed by atoms with Crippen molar-refractivity contribution in [3.63, 3.8) is 0 Å². The van der Waals surface area contributed by atoms with Crippen LogP contribution in [0.4, 0.5) is 5.69 Å². The molecule has 0 radical (unpaired) electrons. The van der Waals surface area contributed by atoms with Crippen molar-refractivity contribution in [2.45, 2.75) is 38.0 Å². The normalized spacial score (nSPS) is 15.6. The monoisotopic (exact) mass is 372 g/mol. The van der Waals surface area contributed by atoms with Crippen LogP contribution < -0.4 is 5.32 Å². The van der Waals surface area contributed by atoms with Crippen molar-refractivity contribution in [2.75, 3.05) is 18.4 Å². The second-order valence-electron chi connectivity index (χ2n) is 6.73. The zero-order chi connectivity index (χ0) is 18.7. The molecule has 0 saturated carbocycles. The molecule has 0 unspecified atom stereocenters. The van der Waals surface area contributed by atoms with E-state index in [2.05, 4.69) is 5.32 Å². The Hall–Kier alpha value is -2.18. The number of anilines is 1. The second kappa shape index (κ2) is 7.60. The quantitative estimate of drug-likeness (QED) is 0.889. The van der Waals surface area contributed by atoms with Crippen molar-refractivity contribution < 1.29 is 13.2 Å². The molecule has 2 aromatic carbocycles. The first-order valence-electron chi connectivity index (χ1n) is 8.87.